The maximum Gasteiger partial charge on any atom is 0.345 e. The molecule has 0 spiro atoms. The Bertz CT molecular complexity index is 987. The van der Waals surface area contributed by atoms with Crippen molar-refractivity contribution in [3.63, 3.8) is 0 Å². The molecular formula is C17H13N3O5. The highest BCUT2D eigenvalue weighted by Gasteiger charge is 2.26. The van der Waals surface area contributed by atoms with E-state index in [0.717, 1.165) is 5.52 Å². The molecule has 2 aromatic heterocycles. The Kier molecular flexibility index (Phi) is 3.50. The molecule has 1 aliphatic rings. The molecule has 8 heteroatoms. The summed E-state index contributed by atoms with van der Waals surface area (Å²) in [6.45, 7) is 0. The lowest BCUT2D eigenvalue weighted by Crippen LogP contribution is -2.18. The van der Waals surface area contributed by atoms with Gasteiger partial charge in [0.05, 0.1) is 11.8 Å². The number of carboxylic acid groups (broad SMARTS) is 1. The first-order valence-corrected chi connectivity index (χ1v) is 7.55. The Morgan fingerprint density at radius 1 is 1.32 bits per heavy atom. The molecular weight excluding hydrogens is 326 g/mol. The molecule has 3 N–H and O–H groups in total. The zero-order chi connectivity index (χ0) is 17.4. The van der Waals surface area contributed by atoms with Crippen molar-refractivity contribution in [3.05, 3.63) is 54.0 Å². The topological polar surface area (TPSA) is 117 Å². The van der Waals surface area contributed by atoms with Crippen molar-refractivity contribution in [3.8, 4) is 0 Å². The number of anilines is 1. The van der Waals surface area contributed by atoms with Gasteiger partial charge in [-0.3, -0.25) is 9.89 Å². The minimum absolute atomic E-state index is 0.179. The summed E-state index contributed by atoms with van der Waals surface area (Å²) in [5.41, 5.74) is 1.44. The van der Waals surface area contributed by atoms with E-state index in [0.29, 0.717) is 28.9 Å². The van der Waals surface area contributed by atoms with Crippen LogP contribution in [0.2, 0.25) is 0 Å². The Balaban J connectivity index is 1.62. The number of amides is 1. The number of H-pyrrole nitrogens is 1. The zero-order valence-electron chi connectivity index (χ0n) is 12.9. The van der Waals surface area contributed by atoms with Crippen LogP contribution in [0.1, 0.15) is 22.5 Å². The quantitative estimate of drug-likeness (QED) is 0.672. The predicted molar refractivity (Wildman–Crippen MR) is 87.9 cm³/mol. The van der Waals surface area contributed by atoms with Crippen molar-refractivity contribution >= 4 is 34.4 Å². The molecule has 0 saturated carbocycles. The van der Waals surface area contributed by atoms with Crippen LogP contribution in [0.4, 0.5) is 5.82 Å². The van der Waals surface area contributed by atoms with Gasteiger partial charge in [0.15, 0.2) is 17.7 Å². The number of aromatic nitrogens is 2. The third-order valence-corrected chi connectivity index (χ3v) is 3.89. The van der Waals surface area contributed by atoms with E-state index in [-0.39, 0.29) is 5.76 Å². The lowest BCUT2D eigenvalue weighted by molar-refractivity contribution is -0.145. The van der Waals surface area contributed by atoms with Crippen LogP contribution in [0.15, 0.2) is 47.1 Å². The standard InChI is InChI=1S/C17H13N3O5/c21-16(13-2-1-7-24-13)18-15-10-8-9(3-4-11(10)19-20-15)12-5-6-14(25-12)17(22)23/h1-5,7-8,14H,6H2,(H,22,23)(H2,18,19,20,21). The molecule has 25 heavy (non-hydrogen) atoms. The number of carbonyl (C=O) groups is 2. The van der Waals surface area contributed by atoms with Crippen LogP contribution in [0, 0.1) is 0 Å². The number of carbonyl (C=O) groups excluding carboxylic acids is 1. The van der Waals surface area contributed by atoms with Gasteiger partial charge in [-0.25, -0.2) is 4.79 Å². The maximum atomic E-state index is 12.1. The van der Waals surface area contributed by atoms with E-state index in [1.54, 1.807) is 36.4 Å². The Morgan fingerprint density at radius 2 is 2.20 bits per heavy atom. The molecule has 0 aliphatic carbocycles. The molecule has 1 amide bonds. The van der Waals surface area contributed by atoms with Crippen molar-refractivity contribution in [1.29, 1.82) is 0 Å². The largest absolute Gasteiger partial charge is 0.478 e. The van der Waals surface area contributed by atoms with Gasteiger partial charge in [-0.2, -0.15) is 5.10 Å². The molecule has 0 radical (unpaired) electrons. The van der Waals surface area contributed by atoms with Crippen molar-refractivity contribution in [2.24, 2.45) is 0 Å². The molecule has 8 nitrogen and oxygen atoms in total. The van der Waals surface area contributed by atoms with Gasteiger partial charge in [-0.1, -0.05) is 0 Å². The monoisotopic (exact) mass is 339 g/mol. The third kappa shape index (κ3) is 2.74. The van der Waals surface area contributed by atoms with Crippen LogP contribution in [0.5, 0.6) is 0 Å². The number of nitrogens with one attached hydrogen (secondary N) is 2. The first kappa shape index (κ1) is 15.0. The first-order chi connectivity index (χ1) is 12.1. The van der Waals surface area contributed by atoms with E-state index in [4.69, 9.17) is 14.3 Å². The fourth-order valence-corrected chi connectivity index (χ4v) is 2.64. The number of hydrogen-bond acceptors (Lipinski definition) is 5. The second-order valence-corrected chi connectivity index (χ2v) is 5.51. The van der Waals surface area contributed by atoms with Gasteiger partial charge in [-0.15, -0.1) is 0 Å². The lowest BCUT2D eigenvalue weighted by atomic mass is 10.1. The molecule has 3 aromatic rings. The van der Waals surface area contributed by atoms with E-state index in [2.05, 4.69) is 15.5 Å². The number of furan rings is 1. The number of hydrogen-bond donors (Lipinski definition) is 3. The molecule has 126 valence electrons. The highest BCUT2D eigenvalue weighted by Crippen LogP contribution is 2.30. The second-order valence-electron chi connectivity index (χ2n) is 5.51. The summed E-state index contributed by atoms with van der Waals surface area (Å²) in [5, 5.41) is 19.3. The molecule has 3 heterocycles. The van der Waals surface area contributed by atoms with E-state index < -0.39 is 18.0 Å². The van der Waals surface area contributed by atoms with Crippen LogP contribution < -0.4 is 5.32 Å². The third-order valence-electron chi connectivity index (χ3n) is 3.89. The van der Waals surface area contributed by atoms with Gasteiger partial charge < -0.3 is 19.6 Å². The molecule has 1 atom stereocenters. The number of ether oxygens (including phenoxy) is 1. The molecule has 4 rings (SSSR count). The predicted octanol–water partition coefficient (Wildman–Crippen LogP) is 2.62. The number of carboxylic acids is 1. The van der Waals surface area contributed by atoms with Crippen molar-refractivity contribution in [1.82, 2.24) is 10.2 Å². The Hall–Kier alpha value is -3.55. The zero-order valence-corrected chi connectivity index (χ0v) is 12.9. The molecule has 0 bridgehead atoms. The summed E-state index contributed by atoms with van der Waals surface area (Å²) in [6.07, 6.45) is 2.60. The molecule has 0 saturated heterocycles. The van der Waals surface area contributed by atoms with Crippen molar-refractivity contribution in [2.75, 3.05) is 5.32 Å². The van der Waals surface area contributed by atoms with Crippen LogP contribution >= 0.6 is 0 Å². The molecule has 1 unspecified atom stereocenters. The summed E-state index contributed by atoms with van der Waals surface area (Å²) in [7, 11) is 0. The Morgan fingerprint density at radius 3 is 2.92 bits per heavy atom. The highest BCUT2D eigenvalue weighted by molar-refractivity contribution is 6.06. The van der Waals surface area contributed by atoms with E-state index in [9.17, 15) is 9.59 Å². The number of rotatable bonds is 4. The fourth-order valence-electron chi connectivity index (χ4n) is 2.64. The number of aromatic amines is 1. The highest BCUT2D eigenvalue weighted by atomic mass is 16.5. The minimum Gasteiger partial charge on any atom is -0.478 e. The van der Waals surface area contributed by atoms with Gasteiger partial charge in [0.25, 0.3) is 5.91 Å². The van der Waals surface area contributed by atoms with Gasteiger partial charge in [0, 0.05) is 17.4 Å². The molecule has 0 fully saturated rings. The van der Waals surface area contributed by atoms with Crippen LogP contribution in [0.25, 0.3) is 16.7 Å². The molecule has 1 aromatic carbocycles. The van der Waals surface area contributed by atoms with Crippen LogP contribution in [0.3, 0.4) is 0 Å². The average molecular weight is 339 g/mol. The van der Waals surface area contributed by atoms with Gasteiger partial charge in [-0.05, 0) is 36.4 Å². The fraction of sp³-hybridized carbons (Fsp3) is 0.118. The van der Waals surface area contributed by atoms with Gasteiger partial charge >= 0.3 is 5.97 Å². The molecule has 1 aliphatic heterocycles. The summed E-state index contributed by atoms with van der Waals surface area (Å²) in [4.78, 5) is 23.1. The van der Waals surface area contributed by atoms with Gasteiger partial charge in [0.2, 0.25) is 0 Å². The smallest absolute Gasteiger partial charge is 0.345 e. The number of benzene rings is 1. The van der Waals surface area contributed by atoms with E-state index in [1.807, 2.05) is 0 Å². The van der Waals surface area contributed by atoms with E-state index >= 15 is 0 Å². The maximum absolute atomic E-state index is 12.1. The van der Waals surface area contributed by atoms with Crippen LogP contribution in [-0.2, 0) is 9.53 Å². The summed E-state index contributed by atoms with van der Waals surface area (Å²) in [6, 6.07) is 8.55. The average Bonchev–Trinajstić information content (AvgIpc) is 3.35. The number of aliphatic carboxylic acids is 1. The van der Waals surface area contributed by atoms with Gasteiger partial charge in [0.1, 0.15) is 5.76 Å². The second kappa shape index (κ2) is 5.82. The normalized spacial score (nSPS) is 16.5. The van der Waals surface area contributed by atoms with Crippen molar-refractivity contribution < 1.29 is 23.8 Å². The summed E-state index contributed by atoms with van der Waals surface area (Å²) < 4.78 is 10.5. The summed E-state index contributed by atoms with van der Waals surface area (Å²) in [5.74, 6) is -0.378. The number of fused-ring (bicyclic) bond motifs is 1. The Labute approximate surface area is 141 Å². The SMILES string of the molecule is O=C(Nc1n[nH]c2ccc(C3=CCC(C(=O)O)O3)cc12)c1ccco1. The lowest BCUT2D eigenvalue weighted by Gasteiger charge is -2.09. The first-order valence-electron chi connectivity index (χ1n) is 7.55. The van der Waals surface area contributed by atoms with Crippen LogP contribution in [-0.4, -0.2) is 33.3 Å². The summed E-state index contributed by atoms with van der Waals surface area (Å²) >= 11 is 0. The minimum atomic E-state index is -0.998. The van der Waals surface area contributed by atoms with E-state index in [1.165, 1.54) is 6.26 Å². The van der Waals surface area contributed by atoms with Crippen molar-refractivity contribution in [2.45, 2.75) is 12.5 Å². The number of nitrogens with zero attached hydrogens (tertiary/aromatic N) is 1.